The van der Waals surface area contributed by atoms with E-state index >= 15 is 0 Å². The standard InChI is InChI=1S/C18H14N2O5/c1-20-17(22)12-6-5-10(7-13(12)18(20)23)16(21)19-8-11-3-2-4-14-15(11)25-9-24-14/h2-7H,8-9H2,1H3,(H,19,21). The summed E-state index contributed by atoms with van der Waals surface area (Å²) in [4.78, 5) is 37.4. The van der Waals surface area contributed by atoms with Crippen molar-refractivity contribution in [1.29, 1.82) is 0 Å². The van der Waals surface area contributed by atoms with E-state index in [1.54, 1.807) is 6.07 Å². The van der Waals surface area contributed by atoms with Crippen LogP contribution >= 0.6 is 0 Å². The summed E-state index contributed by atoms with van der Waals surface area (Å²) in [5.74, 6) is 0.176. The van der Waals surface area contributed by atoms with Gasteiger partial charge in [-0.2, -0.15) is 0 Å². The van der Waals surface area contributed by atoms with E-state index in [2.05, 4.69) is 5.32 Å². The molecule has 2 aromatic carbocycles. The number of nitrogens with one attached hydrogen (secondary N) is 1. The van der Waals surface area contributed by atoms with Crippen LogP contribution in [0.4, 0.5) is 0 Å². The monoisotopic (exact) mass is 338 g/mol. The summed E-state index contributed by atoms with van der Waals surface area (Å²) in [5.41, 5.74) is 1.68. The van der Waals surface area contributed by atoms with Crippen molar-refractivity contribution in [3.63, 3.8) is 0 Å². The molecule has 126 valence electrons. The van der Waals surface area contributed by atoms with Gasteiger partial charge in [-0.05, 0) is 24.3 Å². The molecule has 0 saturated heterocycles. The average molecular weight is 338 g/mol. The van der Waals surface area contributed by atoms with Crippen molar-refractivity contribution in [1.82, 2.24) is 10.2 Å². The van der Waals surface area contributed by atoms with Gasteiger partial charge in [0, 0.05) is 24.7 Å². The Morgan fingerprint density at radius 2 is 1.92 bits per heavy atom. The normalized spacial score (nSPS) is 14.7. The number of amides is 3. The van der Waals surface area contributed by atoms with Gasteiger partial charge in [0.05, 0.1) is 11.1 Å². The van der Waals surface area contributed by atoms with Gasteiger partial charge in [-0.15, -0.1) is 0 Å². The summed E-state index contributed by atoms with van der Waals surface area (Å²) >= 11 is 0. The van der Waals surface area contributed by atoms with E-state index in [4.69, 9.17) is 9.47 Å². The van der Waals surface area contributed by atoms with Crippen LogP contribution in [0.5, 0.6) is 11.5 Å². The minimum atomic E-state index is -0.402. The van der Waals surface area contributed by atoms with Gasteiger partial charge in [0.2, 0.25) is 6.79 Å². The molecule has 7 heteroatoms. The lowest BCUT2D eigenvalue weighted by atomic mass is 10.1. The lowest BCUT2D eigenvalue weighted by molar-refractivity contribution is 0.0693. The lowest BCUT2D eigenvalue weighted by Gasteiger charge is -2.08. The lowest BCUT2D eigenvalue weighted by Crippen LogP contribution is -2.24. The van der Waals surface area contributed by atoms with E-state index in [0.29, 0.717) is 22.6 Å². The summed E-state index contributed by atoms with van der Waals surface area (Å²) in [6, 6.07) is 9.95. The van der Waals surface area contributed by atoms with E-state index in [9.17, 15) is 14.4 Å². The van der Waals surface area contributed by atoms with Gasteiger partial charge in [-0.1, -0.05) is 12.1 Å². The Hall–Kier alpha value is -3.35. The van der Waals surface area contributed by atoms with Crippen LogP contribution in [-0.2, 0) is 6.54 Å². The predicted octanol–water partition coefficient (Wildman–Crippen LogP) is 1.57. The van der Waals surface area contributed by atoms with Crippen molar-refractivity contribution in [2.75, 3.05) is 13.8 Å². The molecule has 2 aliphatic heterocycles. The maximum atomic E-state index is 12.4. The van der Waals surface area contributed by atoms with Gasteiger partial charge in [0.25, 0.3) is 17.7 Å². The number of ether oxygens (including phenoxy) is 2. The van der Waals surface area contributed by atoms with Gasteiger partial charge in [0.15, 0.2) is 11.5 Å². The largest absolute Gasteiger partial charge is 0.454 e. The molecule has 0 aliphatic carbocycles. The molecule has 1 N–H and O–H groups in total. The number of carbonyl (C=O) groups excluding carboxylic acids is 3. The molecule has 7 nitrogen and oxygen atoms in total. The van der Waals surface area contributed by atoms with Crippen LogP contribution in [0.2, 0.25) is 0 Å². The van der Waals surface area contributed by atoms with Gasteiger partial charge < -0.3 is 14.8 Å². The number of para-hydroxylation sites is 1. The number of rotatable bonds is 3. The highest BCUT2D eigenvalue weighted by atomic mass is 16.7. The minimum absolute atomic E-state index is 0.161. The molecule has 2 aromatic rings. The van der Waals surface area contributed by atoms with Gasteiger partial charge in [-0.3, -0.25) is 19.3 Å². The Labute approximate surface area is 143 Å². The Bertz CT molecular complexity index is 922. The van der Waals surface area contributed by atoms with Gasteiger partial charge in [0.1, 0.15) is 0 Å². The molecular formula is C18H14N2O5. The summed E-state index contributed by atoms with van der Waals surface area (Å²) in [5, 5.41) is 2.79. The molecule has 0 aromatic heterocycles. The number of nitrogens with zero attached hydrogens (tertiary/aromatic N) is 1. The highest BCUT2D eigenvalue weighted by Gasteiger charge is 2.33. The predicted molar refractivity (Wildman–Crippen MR) is 86.6 cm³/mol. The zero-order valence-electron chi connectivity index (χ0n) is 13.4. The smallest absolute Gasteiger partial charge is 0.261 e. The van der Waals surface area contributed by atoms with E-state index in [1.165, 1.54) is 25.2 Å². The van der Waals surface area contributed by atoms with Crippen molar-refractivity contribution in [2.24, 2.45) is 0 Å². The first-order chi connectivity index (χ1) is 12.1. The average Bonchev–Trinajstić information content (AvgIpc) is 3.20. The topological polar surface area (TPSA) is 84.9 Å². The molecule has 0 bridgehead atoms. The first kappa shape index (κ1) is 15.2. The second kappa shape index (κ2) is 5.62. The third-order valence-corrected chi connectivity index (χ3v) is 4.27. The maximum absolute atomic E-state index is 12.4. The summed E-state index contributed by atoms with van der Waals surface area (Å²) in [7, 11) is 1.42. The number of imide groups is 1. The molecule has 4 rings (SSSR count). The quantitative estimate of drug-likeness (QED) is 0.859. The van der Waals surface area contributed by atoms with E-state index < -0.39 is 5.91 Å². The Kier molecular flexibility index (Phi) is 3.42. The van der Waals surface area contributed by atoms with Crippen LogP contribution in [0.1, 0.15) is 36.6 Å². The second-order valence-electron chi connectivity index (χ2n) is 5.76. The Balaban J connectivity index is 1.53. The van der Waals surface area contributed by atoms with Crippen LogP contribution in [0.3, 0.4) is 0 Å². The van der Waals surface area contributed by atoms with Crippen molar-refractivity contribution < 1.29 is 23.9 Å². The van der Waals surface area contributed by atoms with E-state index in [-0.39, 0.29) is 30.7 Å². The fraction of sp³-hybridized carbons (Fsp3) is 0.167. The van der Waals surface area contributed by atoms with E-state index in [1.807, 2.05) is 12.1 Å². The Morgan fingerprint density at radius 1 is 1.12 bits per heavy atom. The third-order valence-electron chi connectivity index (χ3n) is 4.27. The first-order valence-corrected chi connectivity index (χ1v) is 7.68. The van der Waals surface area contributed by atoms with Crippen LogP contribution in [0, 0.1) is 0 Å². The molecule has 0 atom stereocenters. The molecule has 25 heavy (non-hydrogen) atoms. The molecule has 0 spiro atoms. The van der Waals surface area contributed by atoms with Crippen LogP contribution in [0.25, 0.3) is 0 Å². The molecule has 0 unspecified atom stereocenters. The number of hydrogen-bond donors (Lipinski definition) is 1. The number of hydrogen-bond acceptors (Lipinski definition) is 5. The fourth-order valence-corrected chi connectivity index (χ4v) is 2.91. The molecular weight excluding hydrogens is 324 g/mol. The zero-order chi connectivity index (χ0) is 17.6. The first-order valence-electron chi connectivity index (χ1n) is 7.68. The van der Waals surface area contributed by atoms with Crippen LogP contribution in [-0.4, -0.2) is 36.5 Å². The molecule has 2 heterocycles. The highest BCUT2D eigenvalue weighted by molar-refractivity contribution is 6.21. The van der Waals surface area contributed by atoms with Gasteiger partial charge >= 0.3 is 0 Å². The molecule has 0 saturated carbocycles. The summed E-state index contributed by atoms with van der Waals surface area (Å²) in [6.45, 7) is 0.421. The number of carbonyl (C=O) groups is 3. The summed E-state index contributed by atoms with van der Waals surface area (Å²) < 4.78 is 10.7. The van der Waals surface area contributed by atoms with Crippen molar-refractivity contribution in [3.05, 3.63) is 58.7 Å². The fourth-order valence-electron chi connectivity index (χ4n) is 2.91. The SMILES string of the molecule is CN1C(=O)c2ccc(C(=O)NCc3cccc4c3OCO4)cc2C1=O. The number of fused-ring (bicyclic) bond motifs is 2. The van der Waals surface area contributed by atoms with Crippen molar-refractivity contribution in [3.8, 4) is 11.5 Å². The van der Waals surface area contributed by atoms with Crippen LogP contribution < -0.4 is 14.8 Å². The minimum Gasteiger partial charge on any atom is -0.454 e. The van der Waals surface area contributed by atoms with Crippen LogP contribution in [0.15, 0.2) is 36.4 Å². The summed E-state index contributed by atoms with van der Waals surface area (Å²) in [6.07, 6.45) is 0. The molecule has 2 aliphatic rings. The maximum Gasteiger partial charge on any atom is 0.261 e. The highest BCUT2D eigenvalue weighted by Crippen LogP contribution is 2.35. The van der Waals surface area contributed by atoms with Gasteiger partial charge in [-0.25, -0.2) is 0 Å². The zero-order valence-corrected chi connectivity index (χ0v) is 13.4. The van der Waals surface area contributed by atoms with Crippen molar-refractivity contribution in [2.45, 2.75) is 6.54 Å². The van der Waals surface area contributed by atoms with E-state index in [0.717, 1.165) is 10.5 Å². The van der Waals surface area contributed by atoms with Crippen molar-refractivity contribution >= 4 is 17.7 Å². The number of benzene rings is 2. The second-order valence-corrected chi connectivity index (χ2v) is 5.76. The molecule has 3 amide bonds. The molecule has 0 radical (unpaired) electrons. The molecule has 0 fully saturated rings. The third kappa shape index (κ3) is 2.40. The Morgan fingerprint density at radius 3 is 2.76 bits per heavy atom.